The second kappa shape index (κ2) is 9.87. The molecule has 0 radical (unpaired) electrons. The normalized spacial score (nSPS) is 16.7. The van der Waals surface area contributed by atoms with Gasteiger partial charge in [-0.1, -0.05) is 19.9 Å². The van der Waals surface area contributed by atoms with Crippen LogP contribution in [0.4, 0.5) is 5.82 Å². The maximum absolute atomic E-state index is 5.70. The lowest BCUT2D eigenvalue weighted by Gasteiger charge is -2.14. The third-order valence-corrected chi connectivity index (χ3v) is 3.94. The second-order valence-corrected chi connectivity index (χ2v) is 6.40. The minimum Gasteiger partial charge on any atom is -0.376 e. The van der Waals surface area contributed by atoms with Gasteiger partial charge in [0.15, 0.2) is 0 Å². The largest absolute Gasteiger partial charge is 0.376 e. The van der Waals surface area contributed by atoms with Crippen LogP contribution in [0.5, 0.6) is 0 Å². The number of imidazole rings is 1. The predicted octanol–water partition coefficient (Wildman–Crippen LogP) is 3.61. The summed E-state index contributed by atoms with van der Waals surface area (Å²) >= 11 is 0. The summed E-state index contributed by atoms with van der Waals surface area (Å²) in [5, 5.41) is 6.31. The molecule has 1 unspecified atom stereocenters. The molecule has 0 spiro atoms. The third-order valence-electron chi connectivity index (χ3n) is 3.94. The van der Waals surface area contributed by atoms with Crippen LogP contribution in [0.3, 0.4) is 0 Å². The van der Waals surface area contributed by atoms with Crippen molar-refractivity contribution in [2.45, 2.75) is 45.6 Å². The highest BCUT2D eigenvalue weighted by Crippen LogP contribution is 2.27. The van der Waals surface area contributed by atoms with Gasteiger partial charge in [-0.2, -0.15) is 0 Å². The molecule has 1 atom stereocenters. The van der Waals surface area contributed by atoms with Crippen LogP contribution in [0, 0.1) is 6.92 Å². The summed E-state index contributed by atoms with van der Waals surface area (Å²) < 4.78 is 7.86. The van der Waals surface area contributed by atoms with Crippen molar-refractivity contribution in [1.82, 2.24) is 14.7 Å². The quantitative estimate of drug-likeness (QED) is 0.880. The number of fused-ring (bicyclic) bond motifs is 1. The molecule has 0 amide bonds. The maximum Gasteiger partial charge on any atom is 0.141 e. The third kappa shape index (κ3) is 4.85. The van der Waals surface area contributed by atoms with Crippen LogP contribution < -0.4 is 10.6 Å². The van der Waals surface area contributed by atoms with Crippen molar-refractivity contribution >= 4 is 23.9 Å². The van der Waals surface area contributed by atoms with Crippen LogP contribution in [0.2, 0.25) is 0 Å². The number of hydrogen-bond acceptors (Lipinski definition) is 4. The summed E-state index contributed by atoms with van der Waals surface area (Å²) in [5.74, 6) is 1.52. The highest BCUT2D eigenvalue weighted by Gasteiger charge is 2.19. The van der Waals surface area contributed by atoms with E-state index in [2.05, 4.69) is 54.1 Å². The van der Waals surface area contributed by atoms with Crippen molar-refractivity contribution in [3.8, 4) is 0 Å². The molecule has 3 heterocycles. The van der Waals surface area contributed by atoms with E-state index in [0.717, 1.165) is 36.7 Å². The fourth-order valence-electron chi connectivity index (χ4n) is 2.82. The van der Waals surface area contributed by atoms with Crippen molar-refractivity contribution in [3.63, 3.8) is 0 Å². The first-order valence-corrected chi connectivity index (χ1v) is 8.50. The molecule has 136 valence electrons. The molecule has 6 heteroatoms. The van der Waals surface area contributed by atoms with Crippen molar-refractivity contribution in [2.24, 2.45) is 0 Å². The number of nitrogens with one attached hydrogen (secondary N) is 2. The van der Waals surface area contributed by atoms with Crippen LogP contribution in [0.25, 0.3) is 5.65 Å². The Morgan fingerprint density at radius 2 is 2.08 bits per heavy atom. The molecule has 2 aromatic rings. The molecular formula is C18H31ClN4O. The summed E-state index contributed by atoms with van der Waals surface area (Å²) in [5.41, 5.74) is 3.39. The van der Waals surface area contributed by atoms with Crippen molar-refractivity contribution < 1.29 is 4.74 Å². The molecule has 1 aliphatic rings. The number of rotatable bonds is 4. The van der Waals surface area contributed by atoms with Crippen LogP contribution in [-0.2, 0) is 4.74 Å². The molecule has 1 saturated heterocycles. The van der Waals surface area contributed by atoms with E-state index in [9.17, 15) is 0 Å². The maximum atomic E-state index is 5.70. The molecular weight excluding hydrogens is 324 g/mol. The van der Waals surface area contributed by atoms with Gasteiger partial charge < -0.3 is 15.4 Å². The molecule has 0 bridgehead atoms. The van der Waals surface area contributed by atoms with Crippen LogP contribution in [0.1, 0.15) is 43.9 Å². The smallest absolute Gasteiger partial charge is 0.141 e. The highest BCUT2D eigenvalue weighted by atomic mass is 35.5. The molecule has 0 aliphatic carbocycles. The van der Waals surface area contributed by atoms with Gasteiger partial charge in [0.25, 0.3) is 0 Å². The second-order valence-electron chi connectivity index (χ2n) is 6.40. The average Bonchev–Trinajstić information content (AvgIpc) is 3.13. The van der Waals surface area contributed by atoms with E-state index in [4.69, 9.17) is 9.72 Å². The van der Waals surface area contributed by atoms with Gasteiger partial charge >= 0.3 is 0 Å². The van der Waals surface area contributed by atoms with Crippen LogP contribution in [0.15, 0.2) is 18.3 Å². The monoisotopic (exact) mass is 354 g/mol. The molecule has 1 fully saturated rings. The summed E-state index contributed by atoms with van der Waals surface area (Å²) in [7, 11) is 3.75. The lowest BCUT2D eigenvalue weighted by Crippen LogP contribution is -2.20. The number of anilines is 1. The number of hydrogen-bond donors (Lipinski definition) is 2. The fourth-order valence-corrected chi connectivity index (χ4v) is 2.82. The average molecular weight is 355 g/mol. The molecule has 3 rings (SSSR count). The zero-order valence-corrected chi connectivity index (χ0v) is 16.2. The van der Waals surface area contributed by atoms with E-state index in [1.165, 1.54) is 12.0 Å². The number of aryl methyl sites for hydroxylation is 1. The lowest BCUT2D eigenvalue weighted by molar-refractivity contribution is 0.120. The van der Waals surface area contributed by atoms with E-state index in [1.807, 2.05) is 14.1 Å². The zero-order valence-electron chi connectivity index (χ0n) is 15.4. The fraction of sp³-hybridized carbons (Fsp3) is 0.611. The SMILES string of the molecule is CNC.Cc1cccn2c(NCC3CCCO3)c(C(C)C)nc12.Cl. The van der Waals surface area contributed by atoms with E-state index >= 15 is 0 Å². The Labute approximate surface area is 151 Å². The van der Waals surface area contributed by atoms with E-state index < -0.39 is 0 Å². The lowest BCUT2D eigenvalue weighted by atomic mass is 10.1. The Morgan fingerprint density at radius 1 is 1.38 bits per heavy atom. The number of halogens is 1. The van der Waals surface area contributed by atoms with Crippen molar-refractivity contribution in [1.29, 1.82) is 0 Å². The van der Waals surface area contributed by atoms with E-state index in [-0.39, 0.29) is 12.4 Å². The Kier molecular flexibility index (Phi) is 8.53. The van der Waals surface area contributed by atoms with E-state index in [1.54, 1.807) is 0 Å². The minimum absolute atomic E-state index is 0. The molecule has 0 aromatic carbocycles. The van der Waals surface area contributed by atoms with Gasteiger partial charge in [0.1, 0.15) is 11.5 Å². The number of pyridine rings is 1. The zero-order chi connectivity index (χ0) is 16.8. The number of aromatic nitrogens is 2. The molecule has 2 N–H and O–H groups in total. The first-order valence-electron chi connectivity index (χ1n) is 8.50. The van der Waals surface area contributed by atoms with Crippen molar-refractivity contribution in [3.05, 3.63) is 29.6 Å². The number of nitrogens with zero attached hydrogens (tertiary/aromatic N) is 2. The highest BCUT2D eigenvalue weighted by molar-refractivity contribution is 5.85. The Hall–Kier alpha value is -1.30. The predicted molar refractivity (Wildman–Crippen MR) is 104 cm³/mol. The van der Waals surface area contributed by atoms with Gasteiger partial charge in [0.2, 0.25) is 0 Å². The summed E-state index contributed by atoms with van der Waals surface area (Å²) in [6.07, 6.45) is 4.75. The molecule has 2 aromatic heterocycles. The first-order chi connectivity index (χ1) is 11.1. The van der Waals surface area contributed by atoms with Gasteiger partial charge in [0, 0.05) is 19.3 Å². The first kappa shape index (κ1) is 20.7. The Morgan fingerprint density at radius 3 is 2.67 bits per heavy atom. The van der Waals surface area contributed by atoms with Gasteiger partial charge in [-0.05, 0) is 51.4 Å². The van der Waals surface area contributed by atoms with Gasteiger partial charge in [-0.15, -0.1) is 12.4 Å². The van der Waals surface area contributed by atoms with E-state index in [0.29, 0.717) is 12.0 Å². The van der Waals surface area contributed by atoms with Crippen LogP contribution in [-0.4, -0.2) is 42.7 Å². The molecule has 24 heavy (non-hydrogen) atoms. The van der Waals surface area contributed by atoms with Crippen molar-refractivity contribution in [2.75, 3.05) is 32.6 Å². The number of ether oxygens (including phenoxy) is 1. The molecule has 1 aliphatic heterocycles. The Bertz CT molecular complexity index is 621. The van der Waals surface area contributed by atoms with Gasteiger partial charge in [-0.3, -0.25) is 4.40 Å². The molecule has 0 saturated carbocycles. The minimum atomic E-state index is 0. The molecule has 5 nitrogen and oxygen atoms in total. The van der Waals surface area contributed by atoms with Gasteiger partial charge in [0.05, 0.1) is 11.8 Å². The summed E-state index contributed by atoms with van der Waals surface area (Å²) in [4.78, 5) is 4.82. The Balaban J connectivity index is 0.000000671. The topological polar surface area (TPSA) is 50.6 Å². The summed E-state index contributed by atoms with van der Waals surface area (Å²) in [6.45, 7) is 8.25. The standard InChI is InChI=1S/C16H23N3O.C2H7N.ClH/c1-11(2)14-16(17-10-13-7-5-9-20-13)19-8-4-6-12(3)15(19)18-14;1-3-2;/h4,6,8,11,13,17H,5,7,9-10H2,1-3H3;3H,1-2H3;1H. The van der Waals surface area contributed by atoms with Gasteiger partial charge in [-0.25, -0.2) is 4.98 Å². The van der Waals surface area contributed by atoms with Crippen LogP contribution >= 0.6 is 12.4 Å². The summed E-state index contributed by atoms with van der Waals surface area (Å²) in [6, 6.07) is 4.18.